The molecule has 6 nitrogen and oxygen atoms in total. The number of anilines is 1. The van der Waals surface area contributed by atoms with Gasteiger partial charge in [0, 0.05) is 11.3 Å². The Labute approximate surface area is 183 Å². The topological polar surface area (TPSA) is 84.5 Å². The molecule has 0 aliphatic carbocycles. The second kappa shape index (κ2) is 9.66. The predicted molar refractivity (Wildman–Crippen MR) is 122 cm³/mol. The maximum absolute atomic E-state index is 12.5. The zero-order valence-corrected chi connectivity index (χ0v) is 18.6. The van der Waals surface area contributed by atoms with Crippen LogP contribution in [0.1, 0.15) is 28.4 Å². The van der Waals surface area contributed by atoms with Gasteiger partial charge in [-0.3, -0.25) is 9.52 Å². The van der Waals surface area contributed by atoms with Crippen LogP contribution in [0, 0.1) is 13.8 Å². The number of hydrogen-bond donors (Lipinski definition) is 2. The van der Waals surface area contributed by atoms with E-state index in [0.29, 0.717) is 17.9 Å². The van der Waals surface area contributed by atoms with Crippen LogP contribution in [-0.2, 0) is 10.0 Å². The minimum Gasteiger partial charge on any atom is -0.491 e. The summed E-state index contributed by atoms with van der Waals surface area (Å²) in [6, 6.07) is 20.4. The van der Waals surface area contributed by atoms with Gasteiger partial charge in [-0.05, 0) is 69.3 Å². The summed E-state index contributed by atoms with van der Waals surface area (Å²) in [5.41, 5.74) is 2.94. The standard InChI is InChI=1S/C24H26N2O4S/c1-17-4-12-22(13-5-17)30-16-19(3)25-24(27)20-8-10-21(11-9-20)26-31(28,29)23-14-6-18(2)7-15-23/h4-15,19,26H,16H2,1-3H3,(H,25,27)/t19-/m0/s1. The van der Waals surface area contributed by atoms with Crippen LogP contribution in [-0.4, -0.2) is 27.0 Å². The van der Waals surface area contributed by atoms with E-state index in [9.17, 15) is 13.2 Å². The van der Waals surface area contributed by atoms with Gasteiger partial charge < -0.3 is 10.1 Å². The molecule has 0 bridgehead atoms. The molecule has 1 amide bonds. The van der Waals surface area contributed by atoms with Gasteiger partial charge in [-0.1, -0.05) is 35.4 Å². The molecule has 0 aliphatic heterocycles. The van der Waals surface area contributed by atoms with Crippen LogP contribution < -0.4 is 14.8 Å². The molecule has 31 heavy (non-hydrogen) atoms. The summed E-state index contributed by atoms with van der Waals surface area (Å²) in [4.78, 5) is 12.6. The molecule has 162 valence electrons. The summed E-state index contributed by atoms with van der Waals surface area (Å²) in [5, 5.41) is 2.87. The average molecular weight is 439 g/mol. The van der Waals surface area contributed by atoms with E-state index in [-0.39, 0.29) is 16.8 Å². The Hall–Kier alpha value is -3.32. The van der Waals surface area contributed by atoms with Crippen molar-refractivity contribution in [1.29, 1.82) is 0 Å². The second-order valence-electron chi connectivity index (χ2n) is 7.49. The molecule has 0 saturated carbocycles. The molecule has 0 heterocycles. The van der Waals surface area contributed by atoms with Crippen molar-refractivity contribution in [2.45, 2.75) is 31.7 Å². The van der Waals surface area contributed by atoms with Crippen LogP contribution in [0.2, 0.25) is 0 Å². The monoisotopic (exact) mass is 438 g/mol. The Kier molecular flexibility index (Phi) is 6.97. The Morgan fingerprint density at radius 2 is 1.42 bits per heavy atom. The van der Waals surface area contributed by atoms with E-state index in [1.54, 1.807) is 48.5 Å². The van der Waals surface area contributed by atoms with E-state index in [1.165, 1.54) is 0 Å². The lowest BCUT2D eigenvalue weighted by atomic mass is 10.2. The molecule has 0 radical (unpaired) electrons. The van der Waals surface area contributed by atoms with Crippen molar-refractivity contribution >= 4 is 21.6 Å². The third-order valence-electron chi connectivity index (χ3n) is 4.63. The summed E-state index contributed by atoms with van der Waals surface area (Å²) < 4.78 is 33.2. The van der Waals surface area contributed by atoms with Crippen molar-refractivity contribution in [2.75, 3.05) is 11.3 Å². The van der Waals surface area contributed by atoms with Gasteiger partial charge >= 0.3 is 0 Å². The maximum atomic E-state index is 12.5. The highest BCUT2D eigenvalue weighted by Crippen LogP contribution is 2.17. The predicted octanol–water partition coefficient (Wildman–Crippen LogP) is 4.30. The summed E-state index contributed by atoms with van der Waals surface area (Å²) >= 11 is 0. The number of hydrogen-bond acceptors (Lipinski definition) is 4. The molecular weight excluding hydrogens is 412 g/mol. The van der Waals surface area contributed by atoms with Crippen LogP contribution in [0.5, 0.6) is 5.75 Å². The molecule has 1 atom stereocenters. The molecule has 0 saturated heterocycles. The van der Waals surface area contributed by atoms with Gasteiger partial charge in [0.05, 0.1) is 10.9 Å². The van der Waals surface area contributed by atoms with Crippen molar-refractivity contribution in [1.82, 2.24) is 5.32 Å². The van der Waals surface area contributed by atoms with Gasteiger partial charge in [-0.15, -0.1) is 0 Å². The highest BCUT2D eigenvalue weighted by atomic mass is 32.2. The van der Waals surface area contributed by atoms with Crippen LogP contribution in [0.4, 0.5) is 5.69 Å². The SMILES string of the molecule is Cc1ccc(OC[C@H](C)NC(=O)c2ccc(NS(=O)(=O)c3ccc(C)cc3)cc2)cc1. The van der Waals surface area contributed by atoms with E-state index >= 15 is 0 Å². The van der Waals surface area contributed by atoms with Crippen molar-refractivity contribution in [3.05, 3.63) is 89.5 Å². The smallest absolute Gasteiger partial charge is 0.261 e. The zero-order valence-electron chi connectivity index (χ0n) is 17.8. The molecule has 3 aromatic carbocycles. The summed E-state index contributed by atoms with van der Waals surface area (Å²) in [7, 11) is -3.69. The first-order chi connectivity index (χ1) is 14.7. The van der Waals surface area contributed by atoms with E-state index in [1.807, 2.05) is 45.0 Å². The summed E-state index contributed by atoms with van der Waals surface area (Å²) in [6.45, 7) is 6.09. The number of benzene rings is 3. The molecule has 0 aromatic heterocycles. The van der Waals surface area contributed by atoms with Crippen molar-refractivity contribution < 1.29 is 17.9 Å². The number of rotatable bonds is 8. The summed E-state index contributed by atoms with van der Waals surface area (Å²) in [5.74, 6) is 0.491. The van der Waals surface area contributed by atoms with Gasteiger partial charge in [0.25, 0.3) is 15.9 Å². The third kappa shape index (κ3) is 6.33. The molecule has 0 aliphatic rings. The van der Waals surface area contributed by atoms with Crippen LogP contribution >= 0.6 is 0 Å². The van der Waals surface area contributed by atoms with E-state index < -0.39 is 10.0 Å². The number of amides is 1. The van der Waals surface area contributed by atoms with Crippen LogP contribution in [0.25, 0.3) is 0 Å². The fourth-order valence-electron chi connectivity index (χ4n) is 2.83. The second-order valence-corrected chi connectivity index (χ2v) is 9.18. The molecular formula is C24H26N2O4S. The van der Waals surface area contributed by atoms with Crippen LogP contribution in [0.15, 0.2) is 77.7 Å². The first-order valence-electron chi connectivity index (χ1n) is 9.93. The van der Waals surface area contributed by atoms with Gasteiger partial charge in [-0.25, -0.2) is 8.42 Å². The molecule has 3 rings (SSSR count). The quantitative estimate of drug-likeness (QED) is 0.549. The highest BCUT2D eigenvalue weighted by Gasteiger charge is 2.15. The van der Waals surface area contributed by atoms with E-state index in [2.05, 4.69) is 10.0 Å². The minimum atomic E-state index is -3.69. The van der Waals surface area contributed by atoms with Crippen molar-refractivity contribution in [3.8, 4) is 5.75 Å². The Morgan fingerprint density at radius 3 is 2.00 bits per heavy atom. The van der Waals surface area contributed by atoms with Crippen molar-refractivity contribution in [2.24, 2.45) is 0 Å². The number of ether oxygens (including phenoxy) is 1. The Morgan fingerprint density at radius 1 is 0.871 bits per heavy atom. The number of carbonyl (C=O) groups excluding carboxylic acids is 1. The minimum absolute atomic E-state index is 0.183. The molecule has 0 spiro atoms. The van der Waals surface area contributed by atoms with Gasteiger partial charge in [0.15, 0.2) is 0 Å². The number of carbonyl (C=O) groups is 1. The molecule has 7 heteroatoms. The Balaban J connectivity index is 1.55. The maximum Gasteiger partial charge on any atom is 0.261 e. The lowest BCUT2D eigenvalue weighted by Crippen LogP contribution is -2.36. The number of aryl methyl sites for hydroxylation is 2. The lowest BCUT2D eigenvalue weighted by molar-refractivity contribution is 0.0926. The number of sulfonamides is 1. The highest BCUT2D eigenvalue weighted by molar-refractivity contribution is 7.92. The van der Waals surface area contributed by atoms with Gasteiger partial charge in [-0.2, -0.15) is 0 Å². The van der Waals surface area contributed by atoms with E-state index in [4.69, 9.17) is 4.74 Å². The normalized spacial score (nSPS) is 12.1. The molecule has 3 aromatic rings. The zero-order chi connectivity index (χ0) is 22.4. The fraction of sp³-hybridized carbons (Fsp3) is 0.208. The van der Waals surface area contributed by atoms with Crippen molar-refractivity contribution in [3.63, 3.8) is 0 Å². The Bertz CT molecular complexity index is 1120. The largest absolute Gasteiger partial charge is 0.491 e. The fourth-order valence-corrected chi connectivity index (χ4v) is 3.88. The van der Waals surface area contributed by atoms with Crippen LogP contribution in [0.3, 0.4) is 0 Å². The lowest BCUT2D eigenvalue weighted by Gasteiger charge is -2.15. The molecule has 0 fully saturated rings. The van der Waals surface area contributed by atoms with Gasteiger partial charge in [0.2, 0.25) is 0 Å². The summed E-state index contributed by atoms with van der Waals surface area (Å²) in [6.07, 6.45) is 0. The first-order valence-corrected chi connectivity index (χ1v) is 11.4. The third-order valence-corrected chi connectivity index (χ3v) is 6.03. The average Bonchev–Trinajstić information content (AvgIpc) is 2.74. The molecule has 2 N–H and O–H groups in total. The van der Waals surface area contributed by atoms with Gasteiger partial charge in [0.1, 0.15) is 12.4 Å². The molecule has 0 unspecified atom stereocenters. The van der Waals surface area contributed by atoms with E-state index in [0.717, 1.165) is 16.9 Å². The first kappa shape index (κ1) is 22.4. The number of nitrogens with one attached hydrogen (secondary N) is 2.